The Morgan fingerprint density at radius 2 is 2.21 bits per heavy atom. The van der Waals surface area contributed by atoms with Gasteiger partial charge >= 0.3 is 0 Å². The summed E-state index contributed by atoms with van der Waals surface area (Å²) in [5.41, 5.74) is 6.57. The van der Waals surface area contributed by atoms with Gasteiger partial charge in [-0.2, -0.15) is 0 Å². The standard InChI is InChI=1S/C9H12F2N2O/c1-5-6(2-12)8(4-14)13-3-7(5)9(10)11/h3,9,14H,2,4,12H2,1H3. The SMILES string of the molecule is Cc1c(C(F)F)cnc(CO)c1CN. The molecule has 1 aromatic heterocycles. The average Bonchev–Trinajstić information content (AvgIpc) is 2.16. The van der Waals surface area contributed by atoms with Gasteiger partial charge in [-0.25, -0.2) is 8.78 Å². The zero-order valence-corrected chi connectivity index (χ0v) is 7.80. The molecule has 0 aliphatic rings. The van der Waals surface area contributed by atoms with Crippen LogP contribution in [-0.4, -0.2) is 10.1 Å². The Labute approximate surface area is 80.6 Å². The van der Waals surface area contributed by atoms with E-state index in [2.05, 4.69) is 4.98 Å². The fraction of sp³-hybridized carbons (Fsp3) is 0.444. The van der Waals surface area contributed by atoms with Crippen LogP contribution in [0.15, 0.2) is 6.20 Å². The zero-order valence-electron chi connectivity index (χ0n) is 7.80. The first-order chi connectivity index (χ1) is 6.61. The lowest BCUT2D eigenvalue weighted by Gasteiger charge is -2.12. The van der Waals surface area contributed by atoms with Crippen LogP contribution >= 0.6 is 0 Å². The third kappa shape index (κ3) is 1.88. The highest BCUT2D eigenvalue weighted by molar-refractivity contribution is 5.35. The number of alkyl halides is 2. The van der Waals surface area contributed by atoms with Gasteiger partial charge in [0.05, 0.1) is 12.3 Å². The first-order valence-corrected chi connectivity index (χ1v) is 4.18. The molecule has 1 rings (SSSR count). The van der Waals surface area contributed by atoms with E-state index in [4.69, 9.17) is 10.8 Å². The molecule has 0 saturated carbocycles. The second kappa shape index (κ2) is 4.43. The van der Waals surface area contributed by atoms with Crippen molar-refractivity contribution in [2.45, 2.75) is 26.5 Å². The quantitative estimate of drug-likeness (QED) is 0.776. The molecule has 0 amide bonds. The Hall–Kier alpha value is -1.07. The maximum atomic E-state index is 12.4. The lowest BCUT2D eigenvalue weighted by molar-refractivity contribution is 0.150. The van der Waals surface area contributed by atoms with E-state index in [1.807, 2.05) is 0 Å². The van der Waals surface area contributed by atoms with Crippen LogP contribution in [0.25, 0.3) is 0 Å². The van der Waals surface area contributed by atoms with E-state index in [0.29, 0.717) is 16.8 Å². The second-order valence-corrected chi connectivity index (χ2v) is 2.93. The average molecular weight is 202 g/mol. The summed E-state index contributed by atoms with van der Waals surface area (Å²) < 4.78 is 24.9. The second-order valence-electron chi connectivity index (χ2n) is 2.93. The van der Waals surface area contributed by atoms with Gasteiger partial charge in [-0.05, 0) is 18.1 Å². The van der Waals surface area contributed by atoms with Crippen LogP contribution in [0.1, 0.15) is 28.8 Å². The number of aliphatic hydroxyl groups excluding tert-OH is 1. The van der Waals surface area contributed by atoms with E-state index < -0.39 is 6.43 Å². The van der Waals surface area contributed by atoms with Gasteiger partial charge in [0.1, 0.15) is 0 Å². The molecule has 0 unspecified atom stereocenters. The minimum absolute atomic E-state index is 0.106. The number of pyridine rings is 1. The van der Waals surface area contributed by atoms with Gasteiger partial charge in [0.25, 0.3) is 6.43 Å². The number of rotatable bonds is 3. The molecule has 0 aromatic carbocycles. The lowest BCUT2D eigenvalue weighted by Crippen LogP contribution is -2.09. The van der Waals surface area contributed by atoms with Crippen molar-refractivity contribution in [3.63, 3.8) is 0 Å². The molecular formula is C9H12F2N2O. The molecule has 1 heterocycles. The van der Waals surface area contributed by atoms with Crippen LogP contribution in [0.3, 0.4) is 0 Å². The maximum Gasteiger partial charge on any atom is 0.265 e. The highest BCUT2D eigenvalue weighted by atomic mass is 19.3. The van der Waals surface area contributed by atoms with Crippen LogP contribution in [0.2, 0.25) is 0 Å². The van der Waals surface area contributed by atoms with Crippen molar-refractivity contribution < 1.29 is 13.9 Å². The number of hydrogen-bond acceptors (Lipinski definition) is 3. The summed E-state index contributed by atoms with van der Waals surface area (Å²) in [5, 5.41) is 8.90. The first-order valence-electron chi connectivity index (χ1n) is 4.18. The summed E-state index contributed by atoms with van der Waals surface area (Å²) >= 11 is 0. The van der Waals surface area contributed by atoms with Gasteiger partial charge in [-0.1, -0.05) is 0 Å². The highest BCUT2D eigenvalue weighted by Gasteiger charge is 2.15. The minimum Gasteiger partial charge on any atom is -0.390 e. The minimum atomic E-state index is -2.56. The molecule has 0 bridgehead atoms. The molecule has 3 N–H and O–H groups in total. The molecule has 78 valence electrons. The topological polar surface area (TPSA) is 59.1 Å². The molecule has 0 aliphatic carbocycles. The Balaban J connectivity index is 3.27. The van der Waals surface area contributed by atoms with Gasteiger partial charge in [0.2, 0.25) is 0 Å². The summed E-state index contributed by atoms with van der Waals surface area (Å²) in [5.74, 6) is 0. The molecule has 14 heavy (non-hydrogen) atoms. The molecule has 0 spiro atoms. The summed E-state index contributed by atoms with van der Waals surface area (Å²) in [6.45, 7) is 1.39. The van der Waals surface area contributed by atoms with Crippen molar-refractivity contribution in [2.24, 2.45) is 5.73 Å². The Morgan fingerprint density at radius 1 is 1.57 bits per heavy atom. The number of nitrogens with two attached hydrogens (primary N) is 1. The molecule has 5 heteroatoms. The van der Waals surface area contributed by atoms with E-state index in [-0.39, 0.29) is 18.7 Å². The number of nitrogens with zero attached hydrogens (tertiary/aromatic N) is 1. The van der Waals surface area contributed by atoms with Crippen molar-refractivity contribution in [3.8, 4) is 0 Å². The van der Waals surface area contributed by atoms with Crippen molar-refractivity contribution >= 4 is 0 Å². The molecule has 0 aliphatic heterocycles. The van der Waals surface area contributed by atoms with Crippen LogP contribution < -0.4 is 5.73 Å². The van der Waals surface area contributed by atoms with Crippen molar-refractivity contribution in [2.75, 3.05) is 0 Å². The first kappa shape index (κ1) is 11.0. The predicted molar refractivity (Wildman–Crippen MR) is 47.7 cm³/mol. The number of halogens is 2. The third-order valence-electron chi connectivity index (χ3n) is 2.18. The Kier molecular flexibility index (Phi) is 3.49. The predicted octanol–water partition coefficient (Wildman–Crippen LogP) is 1.28. The fourth-order valence-electron chi connectivity index (χ4n) is 1.34. The maximum absolute atomic E-state index is 12.4. The Bertz CT molecular complexity index is 329. The van der Waals surface area contributed by atoms with Crippen molar-refractivity contribution in [3.05, 3.63) is 28.6 Å². The van der Waals surface area contributed by atoms with E-state index >= 15 is 0 Å². The van der Waals surface area contributed by atoms with Gasteiger partial charge in [-0.15, -0.1) is 0 Å². The van der Waals surface area contributed by atoms with Crippen LogP contribution in [0.5, 0.6) is 0 Å². The summed E-state index contributed by atoms with van der Waals surface area (Å²) in [7, 11) is 0. The van der Waals surface area contributed by atoms with Gasteiger partial charge in [-0.3, -0.25) is 4.98 Å². The van der Waals surface area contributed by atoms with E-state index in [9.17, 15) is 8.78 Å². The van der Waals surface area contributed by atoms with Gasteiger partial charge in [0.15, 0.2) is 0 Å². The molecule has 0 radical (unpaired) electrons. The van der Waals surface area contributed by atoms with Crippen LogP contribution in [-0.2, 0) is 13.2 Å². The highest BCUT2D eigenvalue weighted by Crippen LogP contribution is 2.25. The normalized spacial score (nSPS) is 11.0. The van der Waals surface area contributed by atoms with Gasteiger partial charge < -0.3 is 10.8 Å². The summed E-state index contributed by atoms with van der Waals surface area (Å²) in [6.07, 6.45) is -1.47. The van der Waals surface area contributed by atoms with Gasteiger partial charge in [0, 0.05) is 18.3 Å². The molecule has 0 saturated heterocycles. The number of aromatic nitrogens is 1. The molecular weight excluding hydrogens is 190 g/mol. The smallest absolute Gasteiger partial charge is 0.265 e. The van der Waals surface area contributed by atoms with E-state index in [1.54, 1.807) is 6.92 Å². The van der Waals surface area contributed by atoms with Crippen molar-refractivity contribution in [1.29, 1.82) is 0 Å². The van der Waals surface area contributed by atoms with Crippen LogP contribution in [0.4, 0.5) is 8.78 Å². The number of aliphatic hydroxyl groups is 1. The Morgan fingerprint density at radius 3 is 2.64 bits per heavy atom. The van der Waals surface area contributed by atoms with E-state index in [1.165, 1.54) is 0 Å². The summed E-state index contributed by atoms with van der Waals surface area (Å²) in [4.78, 5) is 3.74. The van der Waals surface area contributed by atoms with Crippen molar-refractivity contribution in [1.82, 2.24) is 4.98 Å². The number of hydrogen-bond donors (Lipinski definition) is 2. The molecule has 0 atom stereocenters. The molecule has 1 aromatic rings. The van der Waals surface area contributed by atoms with Crippen LogP contribution in [0, 0.1) is 6.92 Å². The fourth-order valence-corrected chi connectivity index (χ4v) is 1.34. The summed E-state index contributed by atoms with van der Waals surface area (Å²) in [6, 6.07) is 0. The van der Waals surface area contributed by atoms with E-state index in [0.717, 1.165) is 6.20 Å². The molecule has 3 nitrogen and oxygen atoms in total. The monoisotopic (exact) mass is 202 g/mol. The molecule has 0 fully saturated rings. The lowest BCUT2D eigenvalue weighted by atomic mass is 10.0. The zero-order chi connectivity index (χ0) is 10.7. The third-order valence-corrected chi connectivity index (χ3v) is 2.18. The largest absolute Gasteiger partial charge is 0.390 e.